The molecule has 30 heavy (non-hydrogen) atoms. The van der Waals surface area contributed by atoms with Gasteiger partial charge in [-0.3, -0.25) is 4.79 Å². The molecular formula is C23H24N4O3. The zero-order chi connectivity index (χ0) is 20.9. The maximum atomic E-state index is 12.5. The molecule has 0 aliphatic heterocycles. The largest absolute Gasteiger partial charge is 0.489 e. The number of hydrogen-bond acceptors (Lipinski definition) is 5. The Labute approximate surface area is 174 Å². The highest BCUT2D eigenvalue weighted by Crippen LogP contribution is 2.18. The van der Waals surface area contributed by atoms with Crippen LogP contribution in [0, 0.1) is 13.8 Å². The number of imidazole rings is 1. The number of aryl methyl sites for hydroxylation is 3. The van der Waals surface area contributed by atoms with Gasteiger partial charge in [0.25, 0.3) is 5.91 Å². The fourth-order valence-corrected chi connectivity index (χ4v) is 3.33. The Balaban J connectivity index is 1.29. The van der Waals surface area contributed by atoms with Crippen LogP contribution >= 0.6 is 0 Å². The van der Waals surface area contributed by atoms with E-state index in [4.69, 9.17) is 9.26 Å². The Bertz CT molecular complexity index is 1140. The van der Waals surface area contributed by atoms with Crippen molar-refractivity contribution >= 4 is 16.9 Å². The van der Waals surface area contributed by atoms with E-state index < -0.39 is 0 Å². The van der Waals surface area contributed by atoms with Crippen molar-refractivity contribution in [2.45, 2.75) is 33.4 Å². The van der Waals surface area contributed by atoms with Gasteiger partial charge in [0.1, 0.15) is 18.1 Å². The molecule has 0 spiro atoms. The van der Waals surface area contributed by atoms with Gasteiger partial charge in [-0.25, -0.2) is 4.98 Å². The van der Waals surface area contributed by atoms with Crippen molar-refractivity contribution in [2.24, 2.45) is 0 Å². The van der Waals surface area contributed by atoms with Crippen LogP contribution in [0.2, 0.25) is 0 Å². The number of carbonyl (C=O) groups excluding carboxylic acids is 1. The first-order chi connectivity index (χ1) is 14.6. The molecule has 0 aliphatic rings. The summed E-state index contributed by atoms with van der Waals surface area (Å²) in [6, 6.07) is 15.2. The zero-order valence-electron chi connectivity index (χ0n) is 17.1. The van der Waals surface area contributed by atoms with E-state index in [1.807, 2.05) is 50.5 Å². The van der Waals surface area contributed by atoms with E-state index in [9.17, 15) is 4.79 Å². The highest BCUT2D eigenvalue weighted by Gasteiger charge is 2.11. The van der Waals surface area contributed by atoms with E-state index in [1.165, 1.54) is 0 Å². The summed E-state index contributed by atoms with van der Waals surface area (Å²) in [7, 11) is 0. The summed E-state index contributed by atoms with van der Waals surface area (Å²) in [6.07, 6.45) is 2.65. The lowest BCUT2D eigenvalue weighted by Crippen LogP contribution is -2.25. The van der Waals surface area contributed by atoms with Crippen molar-refractivity contribution < 1.29 is 14.1 Å². The summed E-state index contributed by atoms with van der Waals surface area (Å²) in [4.78, 5) is 16.9. The molecule has 0 fully saturated rings. The van der Waals surface area contributed by atoms with Crippen LogP contribution in [0.3, 0.4) is 0 Å². The van der Waals surface area contributed by atoms with Crippen molar-refractivity contribution in [1.82, 2.24) is 20.0 Å². The van der Waals surface area contributed by atoms with Crippen molar-refractivity contribution in [1.29, 1.82) is 0 Å². The quantitative estimate of drug-likeness (QED) is 0.448. The molecule has 0 unspecified atom stereocenters. The van der Waals surface area contributed by atoms with Gasteiger partial charge in [0, 0.05) is 18.7 Å². The van der Waals surface area contributed by atoms with Gasteiger partial charge in [0.05, 0.1) is 28.6 Å². The van der Waals surface area contributed by atoms with Crippen molar-refractivity contribution in [3.05, 3.63) is 77.4 Å². The van der Waals surface area contributed by atoms with Gasteiger partial charge in [-0.1, -0.05) is 23.4 Å². The molecule has 1 N–H and O–H groups in total. The van der Waals surface area contributed by atoms with Crippen LogP contribution in [0.4, 0.5) is 0 Å². The Kier molecular flexibility index (Phi) is 5.79. The van der Waals surface area contributed by atoms with Gasteiger partial charge in [0.2, 0.25) is 0 Å². The lowest BCUT2D eigenvalue weighted by atomic mass is 10.2. The molecule has 0 saturated carbocycles. The van der Waals surface area contributed by atoms with Crippen LogP contribution in [0.15, 0.2) is 59.4 Å². The summed E-state index contributed by atoms with van der Waals surface area (Å²) < 4.78 is 13.1. The molecule has 0 bridgehead atoms. The minimum absolute atomic E-state index is 0.117. The van der Waals surface area contributed by atoms with Gasteiger partial charge in [-0.15, -0.1) is 0 Å². The molecule has 2 aromatic carbocycles. The summed E-state index contributed by atoms with van der Waals surface area (Å²) in [6.45, 7) is 5.46. The zero-order valence-corrected chi connectivity index (χ0v) is 17.1. The summed E-state index contributed by atoms with van der Waals surface area (Å²) in [5.41, 5.74) is 4.39. The number of carbonyl (C=O) groups is 1. The molecule has 0 atom stereocenters. The van der Waals surface area contributed by atoms with Gasteiger partial charge >= 0.3 is 0 Å². The fourth-order valence-electron chi connectivity index (χ4n) is 3.33. The Morgan fingerprint density at radius 1 is 1.17 bits per heavy atom. The molecule has 0 aliphatic carbocycles. The summed E-state index contributed by atoms with van der Waals surface area (Å²) in [5.74, 6) is 1.26. The monoisotopic (exact) mass is 404 g/mol. The fraction of sp³-hybridized carbons (Fsp3) is 0.261. The number of para-hydroxylation sites is 2. The molecule has 0 saturated heterocycles. The third-order valence-corrected chi connectivity index (χ3v) is 5.05. The topological polar surface area (TPSA) is 82.2 Å². The summed E-state index contributed by atoms with van der Waals surface area (Å²) in [5, 5.41) is 6.90. The minimum atomic E-state index is -0.117. The number of nitrogens with zero attached hydrogens (tertiary/aromatic N) is 3. The number of aromatic nitrogens is 3. The van der Waals surface area contributed by atoms with E-state index in [2.05, 4.69) is 26.1 Å². The van der Waals surface area contributed by atoms with E-state index in [-0.39, 0.29) is 5.91 Å². The molecule has 4 aromatic rings. The SMILES string of the molecule is Cc1noc(C)c1COc1cccc(C(=O)NCCCn2cnc3ccccc32)c1. The van der Waals surface area contributed by atoms with Gasteiger partial charge in [-0.2, -0.15) is 0 Å². The van der Waals surface area contributed by atoms with Gasteiger partial charge in [-0.05, 0) is 50.6 Å². The molecule has 154 valence electrons. The molecule has 4 rings (SSSR count). The second-order valence-electron chi connectivity index (χ2n) is 7.16. The Morgan fingerprint density at radius 2 is 2.03 bits per heavy atom. The molecular weight excluding hydrogens is 380 g/mol. The van der Waals surface area contributed by atoms with Crippen LogP contribution in [0.5, 0.6) is 5.75 Å². The van der Waals surface area contributed by atoms with Crippen LogP contribution in [-0.2, 0) is 13.2 Å². The smallest absolute Gasteiger partial charge is 0.251 e. The number of rotatable bonds is 8. The Morgan fingerprint density at radius 3 is 2.87 bits per heavy atom. The predicted molar refractivity (Wildman–Crippen MR) is 113 cm³/mol. The lowest BCUT2D eigenvalue weighted by molar-refractivity contribution is 0.0952. The van der Waals surface area contributed by atoms with Crippen molar-refractivity contribution in [3.63, 3.8) is 0 Å². The molecule has 7 heteroatoms. The Hall–Kier alpha value is -3.61. The normalized spacial score (nSPS) is 11.0. The second-order valence-corrected chi connectivity index (χ2v) is 7.16. The van der Waals surface area contributed by atoms with Crippen LogP contribution in [0.1, 0.15) is 33.8 Å². The van der Waals surface area contributed by atoms with Crippen molar-refractivity contribution in [2.75, 3.05) is 6.54 Å². The van der Waals surface area contributed by atoms with Crippen molar-refractivity contribution in [3.8, 4) is 5.75 Å². The molecule has 2 aromatic heterocycles. The highest BCUT2D eigenvalue weighted by atomic mass is 16.5. The predicted octanol–water partition coefficient (Wildman–Crippen LogP) is 4.04. The summed E-state index contributed by atoms with van der Waals surface area (Å²) >= 11 is 0. The maximum Gasteiger partial charge on any atom is 0.251 e. The first kappa shape index (κ1) is 19.7. The molecule has 7 nitrogen and oxygen atoms in total. The first-order valence-corrected chi connectivity index (χ1v) is 9.94. The maximum absolute atomic E-state index is 12.5. The van der Waals surface area contributed by atoms with Crippen LogP contribution in [-0.4, -0.2) is 27.2 Å². The molecule has 1 amide bonds. The second kappa shape index (κ2) is 8.82. The third kappa shape index (κ3) is 4.35. The standard InChI is InChI=1S/C23H24N4O3/c1-16-20(17(2)30-26-16)14-29-19-8-5-7-18(13-19)23(28)24-11-6-12-27-15-25-21-9-3-4-10-22(21)27/h3-5,7-10,13,15H,6,11-12,14H2,1-2H3,(H,24,28). The highest BCUT2D eigenvalue weighted by molar-refractivity contribution is 5.94. The van der Waals surface area contributed by atoms with Gasteiger partial charge in [0.15, 0.2) is 0 Å². The van der Waals surface area contributed by atoms with Crippen LogP contribution in [0.25, 0.3) is 11.0 Å². The number of benzene rings is 2. The number of nitrogens with one attached hydrogen (secondary N) is 1. The first-order valence-electron chi connectivity index (χ1n) is 9.94. The average Bonchev–Trinajstić information content (AvgIpc) is 3.32. The minimum Gasteiger partial charge on any atom is -0.489 e. The van der Waals surface area contributed by atoms with E-state index in [0.29, 0.717) is 24.5 Å². The number of fused-ring (bicyclic) bond motifs is 1. The average molecular weight is 404 g/mol. The van der Waals surface area contributed by atoms with Crippen LogP contribution < -0.4 is 10.1 Å². The van der Waals surface area contributed by atoms with E-state index >= 15 is 0 Å². The number of amides is 1. The van der Waals surface area contributed by atoms with E-state index in [0.717, 1.165) is 41.0 Å². The van der Waals surface area contributed by atoms with E-state index in [1.54, 1.807) is 12.1 Å². The number of hydrogen-bond donors (Lipinski definition) is 1. The molecule has 0 radical (unpaired) electrons. The molecule has 2 heterocycles. The van der Waals surface area contributed by atoms with Gasteiger partial charge < -0.3 is 19.1 Å². The third-order valence-electron chi connectivity index (χ3n) is 5.05. The number of ether oxygens (including phenoxy) is 1. The lowest BCUT2D eigenvalue weighted by Gasteiger charge is -2.09.